The average molecular weight is 200 g/mol. The second kappa shape index (κ2) is 7.97. The summed E-state index contributed by atoms with van der Waals surface area (Å²) in [4.78, 5) is 0. The number of aliphatic hydroxyl groups excluding tert-OH is 1. The van der Waals surface area contributed by atoms with Crippen molar-refractivity contribution in [3.63, 3.8) is 0 Å². The first kappa shape index (κ1) is 11.7. The van der Waals surface area contributed by atoms with E-state index in [0.29, 0.717) is 0 Å². The fourth-order valence-electron chi connectivity index (χ4n) is 1.45. The Morgan fingerprint density at radius 1 is 1.36 bits per heavy atom. The van der Waals surface area contributed by atoms with E-state index in [1.807, 2.05) is 6.08 Å². The fraction of sp³-hybridized carbons (Fsp3) is 0.818. The van der Waals surface area contributed by atoms with Gasteiger partial charge in [0.25, 0.3) is 0 Å². The maximum absolute atomic E-state index is 8.49. The van der Waals surface area contributed by atoms with Gasteiger partial charge in [-0.15, -0.1) is 0 Å². The van der Waals surface area contributed by atoms with Gasteiger partial charge in [-0.05, 0) is 32.1 Å². The lowest BCUT2D eigenvalue weighted by Gasteiger charge is -2.22. The predicted octanol–water partition coefficient (Wildman–Crippen LogP) is 1.86. The van der Waals surface area contributed by atoms with Gasteiger partial charge in [-0.2, -0.15) is 0 Å². The van der Waals surface area contributed by atoms with Gasteiger partial charge in [0.2, 0.25) is 0 Å². The highest BCUT2D eigenvalue weighted by Crippen LogP contribution is 2.13. The molecule has 0 saturated carbocycles. The molecule has 3 heteroatoms. The highest BCUT2D eigenvalue weighted by atomic mass is 16.7. The van der Waals surface area contributed by atoms with Crippen LogP contribution in [0, 0.1) is 0 Å². The predicted molar refractivity (Wildman–Crippen MR) is 55.0 cm³/mol. The molecule has 0 aliphatic carbocycles. The van der Waals surface area contributed by atoms with Crippen molar-refractivity contribution in [1.29, 1.82) is 0 Å². The van der Waals surface area contributed by atoms with Crippen molar-refractivity contribution in [3.8, 4) is 0 Å². The first-order chi connectivity index (χ1) is 6.93. The van der Waals surface area contributed by atoms with Crippen LogP contribution in [0.3, 0.4) is 0 Å². The van der Waals surface area contributed by atoms with E-state index in [9.17, 15) is 0 Å². The smallest absolute Gasteiger partial charge is 0.157 e. The van der Waals surface area contributed by atoms with Crippen LogP contribution >= 0.6 is 0 Å². The van der Waals surface area contributed by atoms with E-state index in [0.717, 1.165) is 32.5 Å². The lowest BCUT2D eigenvalue weighted by atomic mass is 10.2. The number of rotatable bonds is 6. The first-order valence-electron chi connectivity index (χ1n) is 5.42. The highest BCUT2D eigenvalue weighted by molar-refractivity contribution is 4.80. The molecule has 0 spiro atoms. The molecule has 14 heavy (non-hydrogen) atoms. The van der Waals surface area contributed by atoms with Crippen LogP contribution in [0.5, 0.6) is 0 Å². The van der Waals surface area contributed by atoms with E-state index >= 15 is 0 Å². The SMILES string of the molecule is OC/C=C\CCCOC1CCCCO1. The van der Waals surface area contributed by atoms with E-state index in [-0.39, 0.29) is 12.9 Å². The van der Waals surface area contributed by atoms with E-state index in [2.05, 4.69) is 0 Å². The Balaban J connectivity index is 1.89. The summed E-state index contributed by atoms with van der Waals surface area (Å²) in [5.41, 5.74) is 0. The van der Waals surface area contributed by atoms with Gasteiger partial charge in [-0.1, -0.05) is 12.2 Å². The number of allylic oxidation sites excluding steroid dienone is 1. The third-order valence-electron chi connectivity index (χ3n) is 2.23. The molecule has 1 rings (SSSR count). The molecule has 82 valence electrons. The Labute approximate surface area is 85.7 Å². The highest BCUT2D eigenvalue weighted by Gasteiger charge is 2.12. The number of unbranched alkanes of at least 4 members (excludes halogenated alkanes) is 1. The summed E-state index contributed by atoms with van der Waals surface area (Å²) >= 11 is 0. The van der Waals surface area contributed by atoms with Gasteiger partial charge in [0, 0.05) is 6.61 Å². The van der Waals surface area contributed by atoms with Gasteiger partial charge < -0.3 is 14.6 Å². The standard InChI is InChI=1S/C11H20O3/c12-8-4-1-2-5-9-13-11-7-3-6-10-14-11/h1,4,11-12H,2-3,5-10H2/b4-1-. The minimum Gasteiger partial charge on any atom is -0.392 e. The Morgan fingerprint density at radius 3 is 3.00 bits per heavy atom. The quantitative estimate of drug-likeness (QED) is 0.525. The number of ether oxygens (including phenoxy) is 2. The van der Waals surface area contributed by atoms with Crippen LogP contribution in [0.15, 0.2) is 12.2 Å². The molecule has 1 saturated heterocycles. The molecule has 0 bridgehead atoms. The van der Waals surface area contributed by atoms with Gasteiger partial charge >= 0.3 is 0 Å². The fourth-order valence-corrected chi connectivity index (χ4v) is 1.45. The zero-order valence-corrected chi connectivity index (χ0v) is 8.65. The Bertz CT molecular complexity index is 151. The van der Waals surface area contributed by atoms with Gasteiger partial charge in [-0.3, -0.25) is 0 Å². The number of aliphatic hydroxyl groups is 1. The van der Waals surface area contributed by atoms with E-state index in [1.165, 1.54) is 12.8 Å². The van der Waals surface area contributed by atoms with Crippen molar-refractivity contribution in [2.75, 3.05) is 19.8 Å². The Kier molecular flexibility index (Phi) is 6.66. The van der Waals surface area contributed by atoms with E-state index in [1.54, 1.807) is 6.08 Å². The molecule has 0 aromatic heterocycles. The molecule has 3 nitrogen and oxygen atoms in total. The van der Waals surface area contributed by atoms with E-state index in [4.69, 9.17) is 14.6 Å². The molecule has 1 atom stereocenters. The molecule has 0 aromatic rings. The molecule has 1 aliphatic heterocycles. The molecule has 0 aromatic carbocycles. The van der Waals surface area contributed by atoms with Gasteiger partial charge in [0.05, 0.1) is 13.2 Å². The number of hydrogen-bond acceptors (Lipinski definition) is 3. The van der Waals surface area contributed by atoms with Crippen LogP contribution < -0.4 is 0 Å². The van der Waals surface area contributed by atoms with Gasteiger partial charge in [0.1, 0.15) is 0 Å². The van der Waals surface area contributed by atoms with Crippen molar-refractivity contribution >= 4 is 0 Å². The third-order valence-corrected chi connectivity index (χ3v) is 2.23. The lowest BCUT2D eigenvalue weighted by molar-refractivity contribution is -0.162. The van der Waals surface area contributed by atoms with Crippen LogP contribution in [0.2, 0.25) is 0 Å². The maximum atomic E-state index is 8.49. The van der Waals surface area contributed by atoms with Crippen LogP contribution in [-0.2, 0) is 9.47 Å². The molecule has 1 fully saturated rings. The van der Waals surface area contributed by atoms with Crippen molar-refractivity contribution in [2.24, 2.45) is 0 Å². The second-order valence-corrected chi connectivity index (χ2v) is 3.46. The monoisotopic (exact) mass is 200 g/mol. The molecule has 0 amide bonds. The van der Waals surface area contributed by atoms with E-state index < -0.39 is 0 Å². The summed E-state index contributed by atoms with van der Waals surface area (Å²) in [5.74, 6) is 0. The summed E-state index contributed by atoms with van der Waals surface area (Å²) in [6, 6.07) is 0. The maximum Gasteiger partial charge on any atom is 0.157 e. The molecule has 1 unspecified atom stereocenters. The van der Waals surface area contributed by atoms with Gasteiger partial charge in [0.15, 0.2) is 6.29 Å². The summed E-state index contributed by atoms with van der Waals surface area (Å²) < 4.78 is 11.0. The minimum atomic E-state index is 0.0329. The zero-order chi connectivity index (χ0) is 10.1. The zero-order valence-electron chi connectivity index (χ0n) is 8.65. The van der Waals surface area contributed by atoms with Crippen molar-refractivity contribution < 1.29 is 14.6 Å². The van der Waals surface area contributed by atoms with Crippen molar-refractivity contribution in [2.45, 2.75) is 38.4 Å². The molecular weight excluding hydrogens is 180 g/mol. The molecule has 1 aliphatic rings. The first-order valence-corrected chi connectivity index (χ1v) is 5.42. The summed E-state index contributed by atoms with van der Waals surface area (Å²) in [5, 5.41) is 8.49. The molecular formula is C11H20O3. The lowest BCUT2D eigenvalue weighted by Crippen LogP contribution is -2.22. The largest absolute Gasteiger partial charge is 0.392 e. The van der Waals surface area contributed by atoms with Crippen molar-refractivity contribution in [1.82, 2.24) is 0 Å². The molecule has 1 N–H and O–H groups in total. The van der Waals surface area contributed by atoms with Crippen LogP contribution in [0.1, 0.15) is 32.1 Å². The van der Waals surface area contributed by atoms with Crippen LogP contribution in [-0.4, -0.2) is 31.2 Å². The molecule has 1 heterocycles. The normalized spacial score (nSPS) is 23.1. The van der Waals surface area contributed by atoms with Crippen molar-refractivity contribution in [3.05, 3.63) is 12.2 Å². The summed E-state index contributed by atoms with van der Waals surface area (Å²) in [7, 11) is 0. The summed E-state index contributed by atoms with van der Waals surface area (Å²) in [6.45, 7) is 1.72. The molecule has 0 radical (unpaired) electrons. The topological polar surface area (TPSA) is 38.7 Å². The summed E-state index contributed by atoms with van der Waals surface area (Å²) in [6.07, 6.45) is 9.15. The second-order valence-electron chi connectivity index (χ2n) is 3.46. The average Bonchev–Trinajstić information content (AvgIpc) is 2.25. The van der Waals surface area contributed by atoms with Crippen LogP contribution in [0.4, 0.5) is 0 Å². The van der Waals surface area contributed by atoms with Crippen LogP contribution in [0.25, 0.3) is 0 Å². The Hall–Kier alpha value is -0.380. The number of hydrogen-bond donors (Lipinski definition) is 1. The minimum absolute atomic E-state index is 0.0329. The third kappa shape index (κ3) is 5.37. The Morgan fingerprint density at radius 2 is 2.29 bits per heavy atom. The van der Waals surface area contributed by atoms with Gasteiger partial charge in [-0.25, -0.2) is 0 Å².